The summed E-state index contributed by atoms with van der Waals surface area (Å²) in [5.41, 5.74) is 0. The Morgan fingerprint density at radius 3 is 0.817 bits per heavy atom. The average molecular weight is 1310 g/mol. The molecule has 0 aliphatic heterocycles. The number of hydrogen-bond donors (Lipinski definition) is 3. The van der Waals surface area contributed by atoms with Gasteiger partial charge < -0.3 is 20.3 Å². The largest absolute Gasteiger partial charge is 0.466 e. The number of carbonyl (C=O) groups is 2. The number of esters is 1. The number of nitrogens with one attached hydrogen (secondary N) is 1. The summed E-state index contributed by atoms with van der Waals surface area (Å²) in [4.78, 5) is 24.7. The van der Waals surface area contributed by atoms with Gasteiger partial charge in [0.25, 0.3) is 0 Å². The molecule has 6 nitrogen and oxygen atoms in total. The third kappa shape index (κ3) is 79.0. The van der Waals surface area contributed by atoms with Gasteiger partial charge in [0, 0.05) is 12.8 Å². The van der Waals surface area contributed by atoms with Crippen LogP contribution in [-0.4, -0.2) is 47.4 Å². The van der Waals surface area contributed by atoms with E-state index in [9.17, 15) is 19.8 Å². The maximum absolute atomic E-state index is 12.5. The number of amides is 1. The SMILES string of the molecule is CCCCCCCCCCCCCCCCCCCC/C=C/C(O)C(CO)NC(=O)CCCCCCCCCCCCCCCCCCC/C=C\C/C=C\CCCCCCCCCCCCCCCCCOC(=O)CCCCCCCCCCCCCCCCCCC. The zero-order chi connectivity index (χ0) is 67.0. The predicted octanol–water partition coefficient (Wildman–Crippen LogP) is 28.6. The van der Waals surface area contributed by atoms with Gasteiger partial charge in [-0.05, 0) is 64.2 Å². The molecule has 2 unspecified atom stereocenters. The molecule has 0 heterocycles. The summed E-state index contributed by atoms with van der Waals surface area (Å²) < 4.78 is 5.52. The van der Waals surface area contributed by atoms with Crippen molar-refractivity contribution in [3.63, 3.8) is 0 Å². The number of aliphatic hydroxyl groups is 2. The Bertz CT molecular complexity index is 1510. The van der Waals surface area contributed by atoms with E-state index in [1.807, 2.05) is 6.08 Å². The van der Waals surface area contributed by atoms with Gasteiger partial charge in [-0.1, -0.05) is 442 Å². The third-order valence-corrected chi connectivity index (χ3v) is 20.2. The molecule has 0 fully saturated rings. The summed E-state index contributed by atoms with van der Waals surface area (Å²) in [6, 6.07) is -0.627. The highest BCUT2D eigenvalue weighted by Gasteiger charge is 2.18. The van der Waals surface area contributed by atoms with Gasteiger partial charge in [0.05, 0.1) is 25.4 Å². The Morgan fingerprint density at radius 2 is 0.538 bits per heavy atom. The van der Waals surface area contributed by atoms with E-state index < -0.39 is 12.1 Å². The predicted molar refractivity (Wildman–Crippen MR) is 412 cm³/mol. The van der Waals surface area contributed by atoms with Gasteiger partial charge in [-0.2, -0.15) is 0 Å². The summed E-state index contributed by atoms with van der Waals surface area (Å²) in [6.07, 6.45) is 109. The molecule has 1 amide bonds. The quantitative estimate of drug-likeness (QED) is 0.0320. The molecule has 0 radical (unpaired) electrons. The normalized spacial score (nSPS) is 12.6. The first-order chi connectivity index (χ1) is 46.0. The van der Waals surface area contributed by atoms with Gasteiger partial charge in [-0.25, -0.2) is 0 Å². The molecule has 93 heavy (non-hydrogen) atoms. The first kappa shape index (κ1) is 91.1. The summed E-state index contributed by atoms with van der Waals surface area (Å²) in [6.45, 7) is 4.97. The van der Waals surface area contributed by atoms with E-state index in [0.29, 0.717) is 19.4 Å². The molecule has 0 bridgehead atoms. The highest BCUT2D eigenvalue weighted by molar-refractivity contribution is 5.76. The van der Waals surface area contributed by atoms with Crippen LogP contribution in [0, 0.1) is 0 Å². The van der Waals surface area contributed by atoms with Crippen LogP contribution in [0.15, 0.2) is 36.5 Å². The Kier molecular flexibility index (Phi) is 80.8. The van der Waals surface area contributed by atoms with Crippen molar-refractivity contribution in [2.24, 2.45) is 0 Å². The van der Waals surface area contributed by atoms with Crippen LogP contribution in [0.5, 0.6) is 0 Å². The molecule has 2 atom stereocenters. The van der Waals surface area contributed by atoms with E-state index in [4.69, 9.17) is 4.74 Å². The molecule has 0 aromatic heterocycles. The molecular weight excluding hydrogens is 1140 g/mol. The molecule has 0 saturated heterocycles. The fourth-order valence-corrected chi connectivity index (χ4v) is 13.7. The lowest BCUT2D eigenvalue weighted by molar-refractivity contribution is -0.143. The van der Waals surface area contributed by atoms with Crippen LogP contribution in [0.1, 0.15) is 483 Å². The van der Waals surface area contributed by atoms with Crippen LogP contribution in [0.3, 0.4) is 0 Å². The number of ether oxygens (including phenoxy) is 1. The second-order valence-corrected chi connectivity index (χ2v) is 29.5. The first-order valence-electron chi connectivity index (χ1n) is 42.8. The maximum Gasteiger partial charge on any atom is 0.305 e. The maximum atomic E-state index is 12.5. The lowest BCUT2D eigenvalue weighted by atomic mass is 10.0. The topological polar surface area (TPSA) is 95.9 Å². The molecule has 0 aliphatic rings. The number of rotatable bonds is 81. The Labute approximate surface area is 583 Å². The van der Waals surface area contributed by atoms with Gasteiger partial charge in [-0.15, -0.1) is 0 Å². The Balaban J connectivity index is 3.36. The summed E-state index contributed by atoms with van der Waals surface area (Å²) in [5, 5.41) is 23.3. The van der Waals surface area contributed by atoms with E-state index in [-0.39, 0.29) is 18.5 Å². The van der Waals surface area contributed by atoms with E-state index >= 15 is 0 Å². The zero-order valence-electron chi connectivity index (χ0n) is 63.3. The molecule has 0 aromatic carbocycles. The minimum atomic E-state index is -0.844. The van der Waals surface area contributed by atoms with Gasteiger partial charge in [-0.3, -0.25) is 9.59 Å². The lowest BCUT2D eigenvalue weighted by Gasteiger charge is -2.20. The van der Waals surface area contributed by atoms with Gasteiger partial charge in [0.15, 0.2) is 0 Å². The van der Waals surface area contributed by atoms with Crippen LogP contribution in [0.2, 0.25) is 0 Å². The fraction of sp³-hybridized carbons (Fsp3) is 0.908. The minimum Gasteiger partial charge on any atom is -0.466 e. The average Bonchev–Trinajstić information content (AvgIpc) is 3.77. The fourth-order valence-electron chi connectivity index (χ4n) is 13.7. The van der Waals surface area contributed by atoms with Crippen molar-refractivity contribution in [3.8, 4) is 0 Å². The molecule has 0 spiro atoms. The second kappa shape index (κ2) is 82.5. The molecular formula is C87H167NO5. The Hall–Kier alpha value is -1.92. The van der Waals surface area contributed by atoms with Crippen molar-refractivity contribution >= 4 is 11.9 Å². The second-order valence-electron chi connectivity index (χ2n) is 29.5. The van der Waals surface area contributed by atoms with Crippen molar-refractivity contribution in [3.05, 3.63) is 36.5 Å². The van der Waals surface area contributed by atoms with E-state index in [2.05, 4.69) is 43.5 Å². The van der Waals surface area contributed by atoms with Crippen LogP contribution < -0.4 is 5.32 Å². The van der Waals surface area contributed by atoms with Crippen LogP contribution in [0.4, 0.5) is 0 Å². The smallest absolute Gasteiger partial charge is 0.305 e. The van der Waals surface area contributed by atoms with Crippen molar-refractivity contribution in [1.82, 2.24) is 5.32 Å². The molecule has 0 rings (SSSR count). The molecule has 550 valence electrons. The summed E-state index contributed by atoms with van der Waals surface area (Å²) in [5.74, 6) is -0.0352. The Morgan fingerprint density at radius 1 is 0.301 bits per heavy atom. The standard InChI is InChI=1S/C87H167NO5/c1-3-5-7-9-11-13-15-17-19-21-22-44-48-51-55-59-63-67-71-75-79-85(90)84(83-89)88-86(91)80-76-72-68-64-60-56-52-49-45-42-40-38-36-34-32-30-28-26-24-23-25-27-29-31-33-35-37-39-41-43-46-50-54-58-62-66-70-74-78-82-93-87(92)81-77-73-69-65-61-57-53-47-20-18-16-14-12-10-8-6-4-2/h23-24,27,29,75,79,84-85,89-90H,3-22,25-26,28,30-74,76-78,80-83H2,1-2H3,(H,88,91)/b24-23-,29-27-,79-75+. The lowest BCUT2D eigenvalue weighted by Crippen LogP contribution is -2.45. The zero-order valence-corrected chi connectivity index (χ0v) is 63.3. The van der Waals surface area contributed by atoms with Crippen molar-refractivity contribution in [2.75, 3.05) is 13.2 Å². The highest BCUT2D eigenvalue weighted by Crippen LogP contribution is 2.20. The first-order valence-corrected chi connectivity index (χ1v) is 42.8. The highest BCUT2D eigenvalue weighted by atomic mass is 16.5. The van der Waals surface area contributed by atoms with Gasteiger partial charge >= 0.3 is 5.97 Å². The molecule has 3 N–H and O–H groups in total. The van der Waals surface area contributed by atoms with Crippen molar-refractivity contribution in [2.45, 2.75) is 495 Å². The van der Waals surface area contributed by atoms with Crippen molar-refractivity contribution in [1.29, 1.82) is 0 Å². The molecule has 0 aliphatic carbocycles. The van der Waals surface area contributed by atoms with Crippen LogP contribution >= 0.6 is 0 Å². The van der Waals surface area contributed by atoms with Crippen molar-refractivity contribution < 1.29 is 24.5 Å². The summed E-state index contributed by atoms with van der Waals surface area (Å²) in [7, 11) is 0. The number of hydrogen-bond acceptors (Lipinski definition) is 5. The van der Waals surface area contributed by atoms with E-state index in [1.54, 1.807) is 6.08 Å². The number of allylic oxidation sites excluding steroid dienone is 5. The number of carbonyl (C=O) groups excluding carboxylic acids is 2. The molecule has 0 aromatic rings. The monoisotopic (exact) mass is 1310 g/mol. The van der Waals surface area contributed by atoms with Gasteiger partial charge in [0.1, 0.15) is 0 Å². The minimum absolute atomic E-state index is 0.0251. The number of unbranched alkanes of at least 4 members (excludes halogenated alkanes) is 66. The van der Waals surface area contributed by atoms with Crippen LogP contribution in [-0.2, 0) is 14.3 Å². The number of aliphatic hydroxyl groups excluding tert-OH is 2. The molecule has 0 saturated carbocycles. The molecule has 6 heteroatoms. The third-order valence-electron chi connectivity index (χ3n) is 20.2. The summed E-state index contributed by atoms with van der Waals surface area (Å²) >= 11 is 0. The van der Waals surface area contributed by atoms with Gasteiger partial charge in [0.2, 0.25) is 5.91 Å². The van der Waals surface area contributed by atoms with Crippen LogP contribution in [0.25, 0.3) is 0 Å². The van der Waals surface area contributed by atoms with E-state index in [0.717, 1.165) is 44.9 Å². The van der Waals surface area contributed by atoms with E-state index in [1.165, 1.54) is 411 Å².